The quantitative estimate of drug-likeness (QED) is 0.677. The van der Waals surface area contributed by atoms with E-state index in [9.17, 15) is 0 Å². The third-order valence-corrected chi connectivity index (χ3v) is 3.33. The van der Waals surface area contributed by atoms with E-state index in [1.165, 1.54) is 0 Å². The molecule has 2 N–H and O–H groups in total. The molecule has 1 aliphatic rings. The number of nitrogens with zero attached hydrogens (tertiary/aromatic N) is 2. The van der Waals surface area contributed by atoms with Crippen LogP contribution in [0.25, 0.3) is 0 Å². The van der Waals surface area contributed by atoms with Gasteiger partial charge >= 0.3 is 0 Å². The highest BCUT2D eigenvalue weighted by atomic mass is 16.5. The number of nitrogens with one attached hydrogen (secondary N) is 2. The zero-order valence-corrected chi connectivity index (χ0v) is 12.8. The van der Waals surface area contributed by atoms with Crippen LogP contribution < -0.4 is 15.4 Å². The first kappa shape index (κ1) is 16.0. The van der Waals surface area contributed by atoms with Crippen LogP contribution in [-0.4, -0.2) is 48.9 Å². The molecule has 6 nitrogen and oxygen atoms in total. The maximum absolute atomic E-state index is 5.85. The molecule has 21 heavy (non-hydrogen) atoms. The predicted octanol–water partition coefficient (Wildman–Crippen LogP) is 1.84. The molecule has 118 valence electrons. The van der Waals surface area contributed by atoms with Crippen molar-refractivity contribution in [3.63, 3.8) is 0 Å². The third-order valence-electron chi connectivity index (χ3n) is 3.33. The first-order chi connectivity index (χ1) is 10.4. The van der Waals surface area contributed by atoms with E-state index in [-0.39, 0.29) is 0 Å². The molecule has 1 aromatic rings. The summed E-state index contributed by atoms with van der Waals surface area (Å²) in [5.41, 5.74) is 0. The van der Waals surface area contributed by atoms with Crippen molar-refractivity contribution in [1.82, 2.24) is 15.3 Å². The van der Waals surface area contributed by atoms with Gasteiger partial charge in [-0.3, -0.25) is 0 Å². The molecule has 0 saturated carbocycles. The first-order valence-corrected chi connectivity index (χ1v) is 7.90. The molecule has 1 saturated heterocycles. The van der Waals surface area contributed by atoms with Gasteiger partial charge in [0, 0.05) is 25.4 Å². The van der Waals surface area contributed by atoms with Crippen LogP contribution in [0.1, 0.15) is 32.6 Å². The summed E-state index contributed by atoms with van der Waals surface area (Å²) in [5, 5.41) is 6.54. The highest BCUT2D eigenvalue weighted by molar-refractivity contribution is 5.27. The summed E-state index contributed by atoms with van der Waals surface area (Å²) in [5.74, 6) is 1.24. The number of piperidine rings is 1. The lowest BCUT2D eigenvalue weighted by atomic mass is 10.1. The molecule has 0 atom stereocenters. The number of rotatable bonds is 9. The molecule has 0 aliphatic carbocycles. The topological polar surface area (TPSA) is 68.3 Å². The van der Waals surface area contributed by atoms with Gasteiger partial charge in [0.2, 0.25) is 11.8 Å². The van der Waals surface area contributed by atoms with Crippen molar-refractivity contribution >= 4 is 5.95 Å². The normalized spacial score (nSPS) is 15.9. The fourth-order valence-corrected chi connectivity index (χ4v) is 2.20. The third kappa shape index (κ3) is 6.27. The number of hydrogen-bond donors (Lipinski definition) is 2. The Hall–Kier alpha value is -1.40. The molecular formula is C15H26N4O2. The Labute approximate surface area is 126 Å². The minimum absolute atomic E-state index is 0.424. The lowest BCUT2D eigenvalue weighted by Gasteiger charge is -2.22. The fourth-order valence-electron chi connectivity index (χ4n) is 2.20. The van der Waals surface area contributed by atoms with E-state index < -0.39 is 0 Å². The van der Waals surface area contributed by atoms with Crippen LogP contribution in [0, 0.1) is 0 Å². The molecule has 0 bridgehead atoms. The van der Waals surface area contributed by atoms with Gasteiger partial charge in [0.25, 0.3) is 0 Å². The maximum atomic E-state index is 5.85. The average molecular weight is 294 g/mol. The van der Waals surface area contributed by atoms with Crippen LogP contribution in [-0.2, 0) is 4.74 Å². The summed E-state index contributed by atoms with van der Waals surface area (Å²) >= 11 is 0. The van der Waals surface area contributed by atoms with Crippen LogP contribution in [0.3, 0.4) is 0 Å². The number of hydrogen-bond acceptors (Lipinski definition) is 6. The highest BCUT2D eigenvalue weighted by Crippen LogP contribution is 2.09. The average Bonchev–Trinajstić information content (AvgIpc) is 2.54. The second kappa shape index (κ2) is 9.52. The minimum atomic E-state index is 0.424. The molecule has 2 rings (SSSR count). The van der Waals surface area contributed by atoms with Crippen molar-refractivity contribution in [3.8, 4) is 5.88 Å². The molecule has 0 radical (unpaired) electrons. The Kier molecular flexibility index (Phi) is 7.24. The van der Waals surface area contributed by atoms with Gasteiger partial charge in [-0.15, -0.1) is 0 Å². The van der Waals surface area contributed by atoms with Gasteiger partial charge in [-0.25, -0.2) is 4.98 Å². The molecule has 0 unspecified atom stereocenters. The number of ether oxygens (including phenoxy) is 2. The van der Waals surface area contributed by atoms with E-state index in [1.54, 1.807) is 12.3 Å². The van der Waals surface area contributed by atoms with E-state index in [0.717, 1.165) is 51.9 Å². The van der Waals surface area contributed by atoms with Crippen molar-refractivity contribution in [3.05, 3.63) is 12.3 Å². The fraction of sp³-hybridized carbons (Fsp3) is 0.733. The van der Waals surface area contributed by atoms with Crippen molar-refractivity contribution in [2.24, 2.45) is 0 Å². The summed E-state index contributed by atoms with van der Waals surface area (Å²) in [6.45, 7) is 6.48. The molecule has 1 fully saturated rings. The van der Waals surface area contributed by atoms with Crippen LogP contribution in [0.5, 0.6) is 5.88 Å². The van der Waals surface area contributed by atoms with Crippen LogP contribution in [0.4, 0.5) is 5.95 Å². The van der Waals surface area contributed by atoms with Crippen molar-refractivity contribution < 1.29 is 9.47 Å². The van der Waals surface area contributed by atoms with E-state index in [0.29, 0.717) is 24.5 Å². The molecule has 0 amide bonds. The molecular weight excluding hydrogens is 268 g/mol. The van der Waals surface area contributed by atoms with Gasteiger partial charge < -0.3 is 20.1 Å². The Morgan fingerprint density at radius 3 is 3.00 bits per heavy atom. The second-order valence-corrected chi connectivity index (χ2v) is 5.17. The first-order valence-electron chi connectivity index (χ1n) is 7.90. The Morgan fingerprint density at radius 2 is 2.19 bits per heavy atom. The number of aromatic nitrogens is 2. The molecule has 0 spiro atoms. The van der Waals surface area contributed by atoms with Gasteiger partial charge in [-0.1, -0.05) is 6.92 Å². The van der Waals surface area contributed by atoms with Crippen molar-refractivity contribution in [1.29, 1.82) is 0 Å². The van der Waals surface area contributed by atoms with Crippen molar-refractivity contribution in [2.75, 3.05) is 38.2 Å². The summed E-state index contributed by atoms with van der Waals surface area (Å²) < 4.78 is 11.3. The highest BCUT2D eigenvalue weighted by Gasteiger charge is 2.12. The van der Waals surface area contributed by atoms with E-state index in [2.05, 4.69) is 27.5 Å². The Morgan fingerprint density at radius 1 is 1.33 bits per heavy atom. The van der Waals surface area contributed by atoms with Gasteiger partial charge in [-0.2, -0.15) is 4.98 Å². The Bertz CT molecular complexity index is 397. The van der Waals surface area contributed by atoms with Gasteiger partial charge in [-0.05, 0) is 38.8 Å². The summed E-state index contributed by atoms with van der Waals surface area (Å²) in [6, 6.07) is 1.78. The van der Waals surface area contributed by atoms with Crippen molar-refractivity contribution in [2.45, 2.75) is 38.7 Å². The molecule has 1 aliphatic heterocycles. The molecule has 2 heterocycles. The smallest absolute Gasteiger partial charge is 0.225 e. The standard InChI is InChI=1S/C15H26N4O2/c1-2-11-21-14-6-10-18-15(19-14)17-7-3-12-20-13-4-8-16-9-5-13/h6,10,13,16H,2-5,7-9,11-12H2,1H3,(H,17,18,19). The van der Waals surface area contributed by atoms with Gasteiger partial charge in [0.05, 0.1) is 12.7 Å². The van der Waals surface area contributed by atoms with Crippen LogP contribution >= 0.6 is 0 Å². The monoisotopic (exact) mass is 294 g/mol. The largest absolute Gasteiger partial charge is 0.478 e. The predicted molar refractivity (Wildman–Crippen MR) is 82.8 cm³/mol. The van der Waals surface area contributed by atoms with Crippen LogP contribution in [0.2, 0.25) is 0 Å². The van der Waals surface area contributed by atoms with Gasteiger partial charge in [0.15, 0.2) is 0 Å². The lowest BCUT2D eigenvalue weighted by molar-refractivity contribution is 0.0329. The summed E-state index contributed by atoms with van der Waals surface area (Å²) in [7, 11) is 0. The molecule has 6 heteroatoms. The van der Waals surface area contributed by atoms with E-state index in [1.807, 2.05) is 0 Å². The lowest BCUT2D eigenvalue weighted by Crippen LogP contribution is -2.32. The van der Waals surface area contributed by atoms with E-state index >= 15 is 0 Å². The summed E-state index contributed by atoms with van der Waals surface area (Å²) in [6.07, 6.45) is 6.30. The molecule has 0 aromatic carbocycles. The maximum Gasteiger partial charge on any atom is 0.225 e. The molecule has 1 aromatic heterocycles. The SMILES string of the molecule is CCCOc1ccnc(NCCCOC2CCNCC2)n1. The minimum Gasteiger partial charge on any atom is -0.478 e. The Balaban J connectivity index is 1.59. The van der Waals surface area contributed by atoms with Crippen LogP contribution in [0.15, 0.2) is 12.3 Å². The zero-order chi connectivity index (χ0) is 14.8. The summed E-state index contributed by atoms with van der Waals surface area (Å²) in [4.78, 5) is 8.49. The second-order valence-electron chi connectivity index (χ2n) is 5.17. The van der Waals surface area contributed by atoms with E-state index in [4.69, 9.17) is 9.47 Å². The zero-order valence-electron chi connectivity index (χ0n) is 12.8. The van der Waals surface area contributed by atoms with Gasteiger partial charge in [0.1, 0.15) is 0 Å². The number of anilines is 1.